The third kappa shape index (κ3) is 4.04. The van der Waals surface area contributed by atoms with Crippen LogP contribution in [0.1, 0.15) is 33.4 Å². The Morgan fingerprint density at radius 1 is 0.457 bits per heavy atom. The van der Waals surface area contributed by atoms with Gasteiger partial charge in [-0.1, -0.05) is 115 Å². The topological polar surface area (TPSA) is 47.9 Å². The van der Waals surface area contributed by atoms with Gasteiger partial charge in [-0.25, -0.2) is 9.97 Å². The highest BCUT2D eigenvalue weighted by Crippen LogP contribution is 2.57. The van der Waals surface area contributed by atoms with Crippen LogP contribution in [0, 0.1) is 0 Å². The summed E-state index contributed by atoms with van der Waals surface area (Å²) in [4.78, 5) is 14.7. The Hall–Kier alpha value is -6.13. The van der Waals surface area contributed by atoms with Gasteiger partial charge in [0.1, 0.15) is 11.5 Å². The summed E-state index contributed by atoms with van der Waals surface area (Å²) in [6, 6.07) is 48.5. The van der Waals surface area contributed by atoms with E-state index in [0.29, 0.717) is 5.82 Å². The summed E-state index contributed by atoms with van der Waals surface area (Å²) in [6.07, 6.45) is 8.10. The number of pyridine rings is 1. The molecule has 1 spiro atoms. The fraction of sp³-hybridized carbons (Fsp3) is 0.0238. The number of rotatable bonds is 3. The third-order valence-corrected chi connectivity index (χ3v) is 9.08. The molecule has 0 saturated heterocycles. The predicted molar refractivity (Wildman–Crippen MR) is 183 cm³/mol. The first kappa shape index (κ1) is 26.3. The Morgan fingerprint density at radius 3 is 1.78 bits per heavy atom. The van der Waals surface area contributed by atoms with Crippen molar-refractivity contribution in [2.75, 3.05) is 0 Å². The summed E-state index contributed by atoms with van der Waals surface area (Å²) in [5.41, 5.74) is 10.9. The smallest absolute Gasteiger partial charge is 0.160 e. The predicted octanol–water partition coefficient (Wildman–Crippen LogP) is 9.84. The van der Waals surface area contributed by atoms with Gasteiger partial charge in [-0.05, 0) is 58.7 Å². The van der Waals surface area contributed by atoms with Crippen LogP contribution in [-0.4, -0.2) is 15.0 Å². The molecule has 216 valence electrons. The second-order valence-corrected chi connectivity index (χ2v) is 11.6. The Morgan fingerprint density at radius 2 is 1.07 bits per heavy atom. The van der Waals surface area contributed by atoms with Crippen LogP contribution in [0.5, 0.6) is 11.5 Å². The van der Waals surface area contributed by atoms with E-state index in [1.807, 2.05) is 54.7 Å². The molecule has 4 heteroatoms. The van der Waals surface area contributed by atoms with Crippen LogP contribution in [0.4, 0.5) is 0 Å². The molecule has 2 aromatic heterocycles. The molecule has 0 fully saturated rings. The minimum absolute atomic E-state index is 0.639. The lowest BCUT2D eigenvalue weighted by atomic mass is 9.62. The van der Waals surface area contributed by atoms with Gasteiger partial charge in [0.25, 0.3) is 0 Å². The minimum atomic E-state index is -0.639. The van der Waals surface area contributed by atoms with E-state index in [0.717, 1.165) is 61.8 Å². The Balaban J connectivity index is 1.35. The first-order chi connectivity index (χ1) is 22.8. The fourth-order valence-corrected chi connectivity index (χ4v) is 7.04. The van der Waals surface area contributed by atoms with Gasteiger partial charge in [-0.2, -0.15) is 0 Å². The molecule has 3 heterocycles. The van der Waals surface area contributed by atoms with Crippen molar-refractivity contribution in [1.29, 1.82) is 0 Å². The van der Waals surface area contributed by atoms with E-state index in [1.165, 1.54) is 11.1 Å². The van der Waals surface area contributed by atoms with Gasteiger partial charge in [0.2, 0.25) is 0 Å². The molecule has 46 heavy (non-hydrogen) atoms. The van der Waals surface area contributed by atoms with Crippen molar-refractivity contribution in [3.8, 4) is 45.4 Å². The molecule has 9 rings (SSSR count). The van der Waals surface area contributed by atoms with Gasteiger partial charge < -0.3 is 4.74 Å². The summed E-state index contributed by atoms with van der Waals surface area (Å²) < 4.78 is 6.57. The second-order valence-electron chi connectivity index (χ2n) is 11.6. The van der Waals surface area contributed by atoms with Gasteiger partial charge in [-0.15, -0.1) is 0 Å². The molecule has 5 aromatic carbocycles. The largest absolute Gasteiger partial charge is 0.457 e. The van der Waals surface area contributed by atoms with Crippen molar-refractivity contribution in [2.45, 2.75) is 5.41 Å². The molecule has 0 N–H and O–H groups in total. The van der Waals surface area contributed by atoms with Crippen molar-refractivity contribution >= 4 is 12.2 Å². The van der Waals surface area contributed by atoms with Crippen LogP contribution in [0.3, 0.4) is 0 Å². The monoisotopic (exact) mass is 589 g/mol. The summed E-state index contributed by atoms with van der Waals surface area (Å²) in [5.74, 6) is 2.37. The van der Waals surface area contributed by atoms with Gasteiger partial charge >= 0.3 is 0 Å². The van der Waals surface area contributed by atoms with Crippen molar-refractivity contribution in [2.24, 2.45) is 0 Å². The molecule has 0 bridgehead atoms. The highest BCUT2D eigenvalue weighted by atomic mass is 16.5. The molecule has 2 aliphatic rings. The minimum Gasteiger partial charge on any atom is -0.457 e. The zero-order valence-electron chi connectivity index (χ0n) is 24.8. The van der Waals surface area contributed by atoms with E-state index >= 15 is 0 Å². The molecular formula is C42H27N3O. The molecule has 7 aromatic rings. The number of benzene rings is 5. The SMILES string of the molecule is C1=Cc2ccc(-c3nc(-c4ccccc4)cc(-c4cccnc4)n3)cc2C2(c3ccccc31)c1ccccc1Oc1ccccc12. The van der Waals surface area contributed by atoms with E-state index < -0.39 is 5.41 Å². The van der Waals surface area contributed by atoms with Crippen LogP contribution >= 0.6 is 0 Å². The van der Waals surface area contributed by atoms with Crippen LogP contribution in [0.2, 0.25) is 0 Å². The molecule has 1 aliphatic heterocycles. The number of nitrogens with zero attached hydrogens (tertiary/aromatic N) is 3. The first-order valence-electron chi connectivity index (χ1n) is 15.4. The van der Waals surface area contributed by atoms with Gasteiger partial charge in [0.15, 0.2) is 5.82 Å². The summed E-state index contributed by atoms with van der Waals surface area (Å²) >= 11 is 0. The van der Waals surface area contributed by atoms with E-state index in [2.05, 4.69) is 108 Å². The lowest BCUT2D eigenvalue weighted by molar-refractivity contribution is 0.434. The molecule has 0 unspecified atom stereocenters. The van der Waals surface area contributed by atoms with Gasteiger partial charge in [0.05, 0.1) is 16.8 Å². The Labute approximate surface area is 267 Å². The summed E-state index contributed by atoms with van der Waals surface area (Å²) in [6.45, 7) is 0. The molecule has 0 saturated carbocycles. The lowest BCUT2D eigenvalue weighted by Crippen LogP contribution is -2.35. The second kappa shape index (κ2) is 10.5. The molecule has 1 aliphatic carbocycles. The van der Waals surface area contributed by atoms with Crippen LogP contribution in [-0.2, 0) is 5.41 Å². The maximum atomic E-state index is 6.57. The van der Waals surface area contributed by atoms with Crippen LogP contribution in [0.15, 0.2) is 152 Å². The van der Waals surface area contributed by atoms with E-state index in [9.17, 15) is 0 Å². The number of hydrogen-bond donors (Lipinski definition) is 0. The number of hydrogen-bond acceptors (Lipinski definition) is 4. The Kier molecular flexibility index (Phi) is 6.00. The molecule has 0 atom stereocenters. The average molecular weight is 590 g/mol. The van der Waals surface area contributed by atoms with Crippen LogP contribution < -0.4 is 4.74 Å². The number of aromatic nitrogens is 3. The highest BCUT2D eigenvalue weighted by Gasteiger charge is 2.47. The molecule has 4 nitrogen and oxygen atoms in total. The number of fused-ring (bicyclic) bond motifs is 8. The standard InChI is InChI=1S/C42H27N3O/c1-2-12-30(13-3-1)37-26-38(32-14-10-24-43-27-32)45-41(44-37)31-23-22-29-21-20-28-11-4-5-15-33(28)42(36(29)25-31)34-16-6-8-18-39(34)46-40-19-9-7-17-35(40)42/h1-27H. The molecule has 0 radical (unpaired) electrons. The number of para-hydroxylation sites is 2. The summed E-state index contributed by atoms with van der Waals surface area (Å²) in [5, 5.41) is 0. The van der Waals surface area contributed by atoms with Crippen LogP contribution in [0.25, 0.3) is 46.1 Å². The molecule has 0 amide bonds. The maximum absolute atomic E-state index is 6.57. The van der Waals surface area contributed by atoms with Gasteiger partial charge in [0, 0.05) is 40.2 Å². The van der Waals surface area contributed by atoms with Crippen molar-refractivity contribution < 1.29 is 4.74 Å². The first-order valence-corrected chi connectivity index (χ1v) is 15.4. The summed E-state index contributed by atoms with van der Waals surface area (Å²) in [7, 11) is 0. The van der Waals surface area contributed by atoms with Crippen molar-refractivity contribution in [1.82, 2.24) is 15.0 Å². The van der Waals surface area contributed by atoms with E-state index in [4.69, 9.17) is 14.7 Å². The normalized spacial score (nSPS) is 13.5. The third-order valence-electron chi connectivity index (χ3n) is 9.08. The zero-order chi connectivity index (χ0) is 30.5. The Bertz CT molecular complexity index is 2190. The fourth-order valence-electron chi connectivity index (χ4n) is 7.04. The lowest BCUT2D eigenvalue weighted by Gasteiger charge is -2.42. The number of ether oxygens (including phenoxy) is 1. The van der Waals surface area contributed by atoms with E-state index in [-0.39, 0.29) is 0 Å². The van der Waals surface area contributed by atoms with Gasteiger partial charge in [-0.3, -0.25) is 4.98 Å². The quantitative estimate of drug-likeness (QED) is 0.206. The van der Waals surface area contributed by atoms with E-state index in [1.54, 1.807) is 6.20 Å². The zero-order valence-corrected chi connectivity index (χ0v) is 24.8. The highest BCUT2D eigenvalue weighted by molar-refractivity contribution is 5.85. The van der Waals surface area contributed by atoms with Crippen molar-refractivity contribution in [3.63, 3.8) is 0 Å². The average Bonchev–Trinajstić information content (AvgIpc) is 3.27. The van der Waals surface area contributed by atoms with Crippen molar-refractivity contribution in [3.05, 3.63) is 185 Å². The molecular weight excluding hydrogens is 562 g/mol. The maximum Gasteiger partial charge on any atom is 0.160 e.